The van der Waals surface area contributed by atoms with Crippen LogP contribution in [0.4, 0.5) is 5.69 Å². The molecule has 0 spiro atoms. The van der Waals surface area contributed by atoms with Crippen LogP contribution in [0.25, 0.3) is 10.2 Å². The summed E-state index contributed by atoms with van der Waals surface area (Å²) < 4.78 is 12.1. The average Bonchev–Trinajstić information content (AvgIpc) is 3.10. The first-order chi connectivity index (χ1) is 15.7. The number of halogens is 1. The Kier molecular flexibility index (Phi) is 7.56. The van der Waals surface area contributed by atoms with Crippen molar-refractivity contribution in [2.75, 3.05) is 13.2 Å². The third-order valence-corrected chi connectivity index (χ3v) is 5.75. The van der Waals surface area contributed by atoms with Crippen molar-refractivity contribution in [2.24, 2.45) is 4.99 Å². The number of benzene rings is 2. The molecule has 1 aromatic heterocycles. The maximum Gasteiger partial charge on any atom is 0.338 e. The highest BCUT2D eigenvalue weighted by atomic mass is 35.5. The van der Waals surface area contributed by atoms with Gasteiger partial charge >= 0.3 is 11.9 Å². The van der Waals surface area contributed by atoms with Gasteiger partial charge < -0.3 is 14.0 Å². The number of carbonyl (C=O) groups is 3. The molecule has 1 heterocycles. The van der Waals surface area contributed by atoms with Crippen molar-refractivity contribution in [1.82, 2.24) is 4.57 Å². The Morgan fingerprint density at radius 1 is 1.12 bits per heavy atom. The number of nitrogens with zero attached hydrogens (tertiary/aromatic N) is 3. The minimum atomic E-state index is -0.821. The molecule has 10 nitrogen and oxygen atoms in total. The van der Waals surface area contributed by atoms with Gasteiger partial charge in [-0.15, -0.1) is 0 Å². The number of ether oxygens (including phenoxy) is 2. The molecular weight excluding hydrogens is 474 g/mol. The molecule has 3 rings (SSSR count). The van der Waals surface area contributed by atoms with Crippen LogP contribution in [-0.2, 0) is 20.8 Å². The van der Waals surface area contributed by atoms with E-state index in [1.165, 1.54) is 22.8 Å². The number of esters is 2. The third-order valence-electron chi connectivity index (χ3n) is 4.37. The minimum Gasteiger partial charge on any atom is -0.465 e. The van der Waals surface area contributed by atoms with Gasteiger partial charge in [0.25, 0.3) is 11.6 Å². The molecule has 1 amide bonds. The quantitative estimate of drug-likeness (QED) is 0.279. The molecule has 0 saturated heterocycles. The van der Waals surface area contributed by atoms with Crippen molar-refractivity contribution >= 4 is 56.7 Å². The van der Waals surface area contributed by atoms with Crippen LogP contribution in [0.2, 0.25) is 5.02 Å². The first-order valence-electron chi connectivity index (χ1n) is 9.74. The fourth-order valence-electron chi connectivity index (χ4n) is 2.93. The van der Waals surface area contributed by atoms with Crippen LogP contribution >= 0.6 is 22.9 Å². The third kappa shape index (κ3) is 5.44. The van der Waals surface area contributed by atoms with E-state index in [4.69, 9.17) is 21.1 Å². The maximum atomic E-state index is 12.8. The SMILES string of the molecule is CCOC(=O)Cn1c(=NC(=O)c2cc([N+](=O)[O-])ccc2Cl)sc2cc(C(=O)OCC)ccc21. The lowest BCUT2D eigenvalue weighted by molar-refractivity contribution is -0.384. The molecule has 172 valence electrons. The van der Waals surface area contributed by atoms with Crippen LogP contribution in [0.3, 0.4) is 0 Å². The standard InChI is InChI=1S/C21H18ClN3O7S/c1-3-31-18(26)11-24-16-8-5-12(20(28)32-4-2)9-17(16)33-21(24)23-19(27)14-10-13(25(29)30)6-7-15(14)22/h5-10H,3-4,11H2,1-2H3. The van der Waals surface area contributed by atoms with Gasteiger partial charge in [0.15, 0.2) is 4.80 Å². The van der Waals surface area contributed by atoms with E-state index in [0.717, 1.165) is 17.4 Å². The van der Waals surface area contributed by atoms with E-state index in [9.17, 15) is 24.5 Å². The molecule has 2 aromatic carbocycles. The molecule has 0 fully saturated rings. The number of nitro groups is 1. The number of nitro benzene ring substituents is 1. The van der Waals surface area contributed by atoms with E-state index < -0.39 is 22.8 Å². The molecule has 0 aliphatic rings. The smallest absolute Gasteiger partial charge is 0.338 e. The van der Waals surface area contributed by atoms with Crippen LogP contribution in [-0.4, -0.2) is 40.5 Å². The van der Waals surface area contributed by atoms with Gasteiger partial charge in [-0.3, -0.25) is 19.7 Å². The lowest BCUT2D eigenvalue weighted by Gasteiger charge is -2.06. The van der Waals surface area contributed by atoms with Gasteiger partial charge in [-0.05, 0) is 38.1 Å². The van der Waals surface area contributed by atoms with Crippen molar-refractivity contribution in [2.45, 2.75) is 20.4 Å². The highest BCUT2D eigenvalue weighted by Crippen LogP contribution is 2.24. The Hall–Kier alpha value is -3.57. The van der Waals surface area contributed by atoms with E-state index in [1.54, 1.807) is 26.0 Å². The molecule has 0 atom stereocenters. The van der Waals surface area contributed by atoms with E-state index in [1.807, 2.05) is 0 Å². The predicted molar refractivity (Wildman–Crippen MR) is 120 cm³/mol. The lowest BCUT2D eigenvalue weighted by Crippen LogP contribution is -2.23. The molecule has 0 saturated carbocycles. The second-order valence-corrected chi connectivity index (χ2v) is 7.93. The fourth-order valence-corrected chi connectivity index (χ4v) is 4.19. The zero-order valence-electron chi connectivity index (χ0n) is 17.6. The summed E-state index contributed by atoms with van der Waals surface area (Å²) in [4.78, 5) is 51.7. The van der Waals surface area contributed by atoms with Crippen molar-refractivity contribution in [3.8, 4) is 0 Å². The number of hydrogen-bond acceptors (Lipinski definition) is 8. The zero-order chi connectivity index (χ0) is 24.1. The van der Waals surface area contributed by atoms with Gasteiger partial charge in [-0.2, -0.15) is 4.99 Å². The Bertz CT molecular complexity index is 1330. The molecule has 0 unspecified atom stereocenters. The van der Waals surface area contributed by atoms with Crippen molar-refractivity contribution in [3.05, 3.63) is 67.5 Å². The second-order valence-electron chi connectivity index (χ2n) is 6.52. The number of aromatic nitrogens is 1. The number of fused-ring (bicyclic) bond motifs is 1. The van der Waals surface area contributed by atoms with Gasteiger partial charge in [0.2, 0.25) is 0 Å². The first-order valence-corrected chi connectivity index (χ1v) is 10.9. The van der Waals surface area contributed by atoms with Crippen LogP contribution < -0.4 is 4.80 Å². The largest absolute Gasteiger partial charge is 0.465 e. The summed E-state index contributed by atoms with van der Waals surface area (Å²) in [5.41, 5.74) is 0.372. The van der Waals surface area contributed by atoms with Gasteiger partial charge in [-0.1, -0.05) is 22.9 Å². The molecule has 12 heteroatoms. The highest BCUT2D eigenvalue weighted by molar-refractivity contribution is 7.16. The van der Waals surface area contributed by atoms with E-state index in [-0.39, 0.29) is 40.8 Å². The Morgan fingerprint density at radius 3 is 2.52 bits per heavy atom. The lowest BCUT2D eigenvalue weighted by atomic mass is 10.2. The molecule has 0 bridgehead atoms. The minimum absolute atomic E-state index is 0.00278. The maximum absolute atomic E-state index is 12.8. The summed E-state index contributed by atoms with van der Waals surface area (Å²) in [6.45, 7) is 3.50. The number of amides is 1. The zero-order valence-corrected chi connectivity index (χ0v) is 19.1. The van der Waals surface area contributed by atoms with Gasteiger partial charge in [0, 0.05) is 12.1 Å². The van der Waals surface area contributed by atoms with E-state index >= 15 is 0 Å². The fraction of sp³-hybridized carbons (Fsp3) is 0.238. The first kappa shape index (κ1) is 24.1. The number of carbonyl (C=O) groups excluding carboxylic acids is 3. The molecular formula is C21H18ClN3O7S. The Labute approximate surface area is 196 Å². The van der Waals surface area contributed by atoms with Crippen LogP contribution in [0.15, 0.2) is 41.4 Å². The summed E-state index contributed by atoms with van der Waals surface area (Å²) in [6.07, 6.45) is 0. The normalized spacial score (nSPS) is 11.4. The summed E-state index contributed by atoms with van der Waals surface area (Å²) in [5, 5.41) is 11.1. The second kappa shape index (κ2) is 10.4. The summed E-state index contributed by atoms with van der Waals surface area (Å²) in [7, 11) is 0. The molecule has 0 radical (unpaired) electrons. The monoisotopic (exact) mass is 491 g/mol. The average molecular weight is 492 g/mol. The Morgan fingerprint density at radius 2 is 1.85 bits per heavy atom. The molecule has 33 heavy (non-hydrogen) atoms. The molecule has 3 aromatic rings. The van der Waals surface area contributed by atoms with Crippen LogP contribution in [0.5, 0.6) is 0 Å². The number of non-ortho nitro benzene ring substituents is 1. The highest BCUT2D eigenvalue weighted by Gasteiger charge is 2.18. The molecule has 0 aliphatic carbocycles. The van der Waals surface area contributed by atoms with Crippen LogP contribution in [0, 0.1) is 10.1 Å². The van der Waals surface area contributed by atoms with Gasteiger partial charge in [-0.25, -0.2) is 4.79 Å². The molecule has 0 N–H and O–H groups in total. The van der Waals surface area contributed by atoms with Crippen molar-refractivity contribution in [1.29, 1.82) is 0 Å². The van der Waals surface area contributed by atoms with E-state index in [2.05, 4.69) is 4.99 Å². The summed E-state index contributed by atoms with van der Waals surface area (Å²) in [6, 6.07) is 8.18. The molecule has 0 aliphatic heterocycles. The van der Waals surface area contributed by atoms with Crippen LogP contribution in [0.1, 0.15) is 34.6 Å². The number of thiazole rings is 1. The van der Waals surface area contributed by atoms with Gasteiger partial charge in [0.05, 0.1) is 44.5 Å². The van der Waals surface area contributed by atoms with E-state index in [0.29, 0.717) is 15.8 Å². The predicted octanol–water partition coefficient (Wildman–Crippen LogP) is 3.75. The Balaban J connectivity index is 2.15. The number of rotatable bonds is 7. The van der Waals surface area contributed by atoms with Crippen molar-refractivity contribution in [3.63, 3.8) is 0 Å². The topological polar surface area (TPSA) is 130 Å². The van der Waals surface area contributed by atoms with Crippen molar-refractivity contribution < 1.29 is 28.8 Å². The van der Waals surface area contributed by atoms with Gasteiger partial charge in [0.1, 0.15) is 6.54 Å². The number of hydrogen-bond donors (Lipinski definition) is 0. The summed E-state index contributed by atoms with van der Waals surface area (Å²) in [5.74, 6) is -1.88. The summed E-state index contributed by atoms with van der Waals surface area (Å²) >= 11 is 7.11.